The molecule has 0 spiro atoms. The third-order valence-electron chi connectivity index (χ3n) is 2.92. The lowest BCUT2D eigenvalue weighted by molar-refractivity contribution is 0.224. The Labute approximate surface area is 111 Å². The Hall–Kier alpha value is -1.58. The lowest BCUT2D eigenvalue weighted by atomic mass is 9.93. The van der Waals surface area contributed by atoms with Gasteiger partial charge in [-0.3, -0.25) is 4.98 Å². The Morgan fingerprint density at radius 2 is 1.89 bits per heavy atom. The molecule has 0 aliphatic carbocycles. The number of halogens is 1. The molecule has 2 N–H and O–H groups in total. The Morgan fingerprint density at radius 3 is 2.50 bits per heavy atom. The first kappa shape index (κ1) is 12.9. The van der Waals surface area contributed by atoms with Crippen molar-refractivity contribution in [3.8, 4) is 0 Å². The van der Waals surface area contributed by atoms with Crippen LogP contribution in [-0.4, -0.2) is 16.7 Å². The van der Waals surface area contributed by atoms with Crippen LogP contribution in [0.25, 0.3) is 0 Å². The van der Waals surface area contributed by atoms with Crippen molar-refractivity contribution >= 4 is 17.3 Å². The van der Waals surface area contributed by atoms with Crippen molar-refractivity contribution in [2.75, 3.05) is 11.9 Å². The maximum atomic E-state index is 9.66. The van der Waals surface area contributed by atoms with Crippen LogP contribution >= 0.6 is 11.6 Å². The highest BCUT2D eigenvalue weighted by Gasteiger charge is 2.26. The van der Waals surface area contributed by atoms with E-state index in [4.69, 9.17) is 11.6 Å². The molecule has 0 saturated heterocycles. The maximum absolute atomic E-state index is 9.66. The van der Waals surface area contributed by atoms with Gasteiger partial charge in [-0.1, -0.05) is 23.7 Å². The summed E-state index contributed by atoms with van der Waals surface area (Å²) in [5.74, 6) is 0. The Morgan fingerprint density at radius 1 is 1.22 bits per heavy atom. The monoisotopic (exact) mass is 262 g/mol. The molecule has 0 saturated carbocycles. The van der Waals surface area contributed by atoms with Gasteiger partial charge in [0.25, 0.3) is 0 Å². The quantitative estimate of drug-likeness (QED) is 0.890. The molecule has 0 amide bonds. The van der Waals surface area contributed by atoms with Crippen molar-refractivity contribution in [1.29, 1.82) is 0 Å². The highest BCUT2D eigenvalue weighted by Crippen LogP contribution is 2.29. The molecule has 3 nitrogen and oxygen atoms in total. The molecule has 1 atom stereocenters. The van der Waals surface area contributed by atoms with Crippen molar-refractivity contribution in [1.82, 2.24) is 4.98 Å². The zero-order valence-electron chi connectivity index (χ0n) is 10.1. The summed E-state index contributed by atoms with van der Waals surface area (Å²) in [6, 6.07) is 11.2. The Balaban J connectivity index is 2.32. The third kappa shape index (κ3) is 2.63. The van der Waals surface area contributed by atoms with E-state index in [0.29, 0.717) is 5.02 Å². The third-order valence-corrected chi connectivity index (χ3v) is 3.25. The topological polar surface area (TPSA) is 45.1 Å². The molecule has 1 aromatic carbocycles. The summed E-state index contributed by atoms with van der Waals surface area (Å²) in [5, 5.41) is 13.6. The van der Waals surface area contributed by atoms with Gasteiger partial charge in [-0.25, -0.2) is 0 Å². The van der Waals surface area contributed by atoms with Crippen LogP contribution < -0.4 is 5.32 Å². The highest BCUT2D eigenvalue weighted by molar-refractivity contribution is 6.33. The normalized spacial score (nSPS) is 13.9. The molecule has 94 valence electrons. The number of aliphatic hydroxyl groups excluding tert-OH is 1. The number of para-hydroxylation sites is 1. The molecule has 0 aliphatic rings. The van der Waals surface area contributed by atoms with E-state index in [1.807, 2.05) is 43.3 Å². The number of aliphatic hydroxyl groups is 1. The van der Waals surface area contributed by atoms with Crippen molar-refractivity contribution in [3.05, 3.63) is 59.4 Å². The molecule has 0 bridgehead atoms. The lowest BCUT2D eigenvalue weighted by Gasteiger charge is -2.30. The SMILES string of the molecule is CC(CO)(Nc1ccccc1Cl)c1ccncc1. The summed E-state index contributed by atoms with van der Waals surface area (Å²) in [5.41, 5.74) is 1.17. The molecule has 18 heavy (non-hydrogen) atoms. The van der Waals surface area contributed by atoms with Crippen molar-refractivity contribution < 1.29 is 5.11 Å². The van der Waals surface area contributed by atoms with Crippen LogP contribution in [0.5, 0.6) is 0 Å². The summed E-state index contributed by atoms with van der Waals surface area (Å²) in [6.45, 7) is 1.88. The minimum Gasteiger partial charge on any atom is -0.394 e. The summed E-state index contributed by atoms with van der Waals surface area (Å²) >= 11 is 6.12. The minimum atomic E-state index is -0.589. The number of nitrogens with one attached hydrogen (secondary N) is 1. The second kappa shape index (κ2) is 5.38. The van der Waals surface area contributed by atoms with E-state index in [1.54, 1.807) is 12.4 Å². The molecule has 1 aromatic heterocycles. The molecule has 4 heteroatoms. The van der Waals surface area contributed by atoms with Crippen LogP contribution in [0.3, 0.4) is 0 Å². The van der Waals surface area contributed by atoms with Gasteiger partial charge in [0.15, 0.2) is 0 Å². The molecule has 1 unspecified atom stereocenters. The van der Waals surface area contributed by atoms with Crippen LogP contribution in [-0.2, 0) is 5.54 Å². The lowest BCUT2D eigenvalue weighted by Crippen LogP contribution is -2.35. The summed E-state index contributed by atoms with van der Waals surface area (Å²) in [7, 11) is 0. The summed E-state index contributed by atoms with van der Waals surface area (Å²) in [4.78, 5) is 3.98. The van der Waals surface area contributed by atoms with Gasteiger partial charge in [0.05, 0.1) is 22.9 Å². The Bertz CT molecular complexity index is 518. The number of hydrogen-bond donors (Lipinski definition) is 2. The first-order valence-electron chi connectivity index (χ1n) is 5.70. The summed E-state index contributed by atoms with van der Waals surface area (Å²) in [6.07, 6.45) is 3.41. The summed E-state index contributed by atoms with van der Waals surface area (Å²) < 4.78 is 0. The van der Waals surface area contributed by atoms with Crippen molar-refractivity contribution in [2.24, 2.45) is 0 Å². The zero-order valence-corrected chi connectivity index (χ0v) is 10.9. The number of aromatic nitrogens is 1. The predicted molar refractivity (Wildman–Crippen MR) is 73.7 cm³/mol. The highest BCUT2D eigenvalue weighted by atomic mass is 35.5. The van der Waals surface area contributed by atoms with E-state index in [9.17, 15) is 5.11 Å². The van der Waals surface area contributed by atoms with E-state index < -0.39 is 5.54 Å². The smallest absolute Gasteiger partial charge is 0.0829 e. The fourth-order valence-electron chi connectivity index (χ4n) is 1.78. The molecular weight excluding hydrogens is 248 g/mol. The average Bonchev–Trinajstić information content (AvgIpc) is 2.42. The fraction of sp³-hybridized carbons (Fsp3) is 0.214. The number of nitrogens with zero attached hydrogens (tertiary/aromatic N) is 1. The van der Waals surface area contributed by atoms with Crippen LogP contribution in [0.4, 0.5) is 5.69 Å². The van der Waals surface area contributed by atoms with Crippen molar-refractivity contribution in [3.63, 3.8) is 0 Å². The number of rotatable bonds is 4. The van der Waals surface area contributed by atoms with E-state index in [-0.39, 0.29) is 6.61 Å². The second-order valence-corrected chi connectivity index (χ2v) is 4.74. The van der Waals surface area contributed by atoms with E-state index in [2.05, 4.69) is 10.3 Å². The van der Waals surface area contributed by atoms with Gasteiger partial charge in [-0.2, -0.15) is 0 Å². The second-order valence-electron chi connectivity index (χ2n) is 4.33. The number of pyridine rings is 1. The number of hydrogen-bond acceptors (Lipinski definition) is 3. The van der Waals surface area contributed by atoms with Crippen LogP contribution in [0.2, 0.25) is 5.02 Å². The molecule has 2 aromatic rings. The molecule has 0 aliphatic heterocycles. The average molecular weight is 263 g/mol. The van der Waals surface area contributed by atoms with Gasteiger partial charge in [0, 0.05) is 12.4 Å². The molecular formula is C14H15ClN2O. The van der Waals surface area contributed by atoms with Gasteiger partial charge in [-0.05, 0) is 36.8 Å². The van der Waals surface area contributed by atoms with Gasteiger partial charge < -0.3 is 10.4 Å². The van der Waals surface area contributed by atoms with E-state index in [0.717, 1.165) is 11.3 Å². The largest absolute Gasteiger partial charge is 0.394 e. The van der Waals surface area contributed by atoms with Gasteiger partial charge >= 0.3 is 0 Å². The molecule has 0 radical (unpaired) electrons. The minimum absolute atomic E-state index is 0.0394. The zero-order chi connectivity index (χ0) is 13.0. The fourth-order valence-corrected chi connectivity index (χ4v) is 1.97. The number of benzene rings is 1. The van der Waals surface area contributed by atoms with Crippen LogP contribution in [0.15, 0.2) is 48.8 Å². The Kier molecular flexibility index (Phi) is 3.84. The maximum Gasteiger partial charge on any atom is 0.0829 e. The molecule has 2 rings (SSSR count). The van der Waals surface area contributed by atoms with E-state index in [1.165, 1.54) is 0 Å². The first-order valence-corrected chi connectivity index (χ1v) is 6.07. The van der Waals surface area contributed by atoms with Crippen LogP contribution in [0, 0.1) is 0 Å². The van der Waals surface area contributed by atoms with Gasteiger partial charge in [-0.15, -0.1) is 0 Å². The van der Waals surface area contributed by atoms with Crippen LogP contribution in [0.1, 0.15) is 12.5 Å². The standard InChI is InChI=1S/C14H15ClN2O/c1-14(10-18,11-6-8-16-9-7-11)17-13-5-3-2-4-12(13)15/h2-9,17-18H,10H2,1H3. The van der Waals surface area contributed by atoms with Crippen molar-refractivity contribution in [2.45, 2.75) is 12.5 Å². The number of anilines is 1. The van der Waals surface area contributed by atoms with Gasteiger partial charge in [0.2, 0.25) is 0 Å². The van der Waals surface area contributed by atoms with Gasteiger partial charge in [0.1, 0.15) is 0 Å². The predicted octanol–water partition coefficient (Wildman–Crippen LogP) is 3.05. The molecule has 0 fully saturated rings. The molecule has 1 heterocycles. The first-order chi connectivity index (χ1) is 8.65. The van der Waals surface area contributed by atoms with E-state index >= 15 is 0 Å².